The third kappa shape index (κ3) is 1.95. The Labute approximate surface area is 81.8 Å². The highest BCUT2D eigenvalue weighted by Gasteiger charge is 2.39. The molecule has 14 heavy (non-hydrogen) atoms. The molecule has 80 valence electrons. The highest BCUT2D eigenvalue weighted by Crippen LogP contribution is 2.18. The lowest BCUT2D eigenvalue weighted by Gasteiger charge is -2.21. The number of urea groups is 1. The minimum absolute atomic E-state index is 0.166. The zero-order chi connectivity index (χ0) is 10.7. The summed E-state index contributed by atoms with van der Waals surface area (Å²) in [5.74, 6) is -0.495. The highest BCUT2D eigenvalue weighted by atomic mass is 16.5. The van der Waals surface area contributed by atoms with E-state index in [0.717, 1.165) is 0 Å². The average molecular weight is 202 g/mol. The summed E-state index contributed by atoms with van der Waals surface area (Å²) in [6, 6.07) is -1.05. The van der Waals surface area contributed by atoms with Gasteiger partial charge in [-0.15, -0.1) is 0 Å². The first-order chi connectivity index (χ1) is 6.60. The Morgan fingerprint density at radius 2 is 2.21 bits per heavy atom. The lowest BCUT2D eigenvalue weighted by atomic mass is 10.2. The Kier molecular flexibility index (Phi) is 3.29. The molecule has 6 heteroatoms. The largest absolute Gasteiger partial charge is 0.467 e. The molecule has 1 saturated heterocycles. The predicted molar refractivity (Wildman–Crippen MR) is 47.6 cm³/mol. The minimum atomic E-state index is -0.671. The van der Waals surface area contributed by atoms with Gasteiger partial charge in [0.05, 0.1) is 13.2 Å². The number of rotatable bonds is 1. The molecule has 0 aromatic carbocycles. The smallest absolute Gasteiger partial charge is 0.328 e. The van der Waals surface area contributed by atoms with Crippen LogP contribution in [0.15, 0.2) is 0 Å². The highest BCUT2D eigenvalue weighted by molar-refractivity contribution is 5.84. The third-order valence-electron chi connectivity index (χ3n) is 2.23. The second kappa shape index (κ2) is 4.28. The second-order valence-corrected chi connectivity index (χ2v) is 3.14. The maximum atomic E-state index is 11.3. The molecular weight excluding hydrogens is 188 g/mol. The van der Waals surface area contributed by atoms with E-state index in [1.165, 1.54) is 19.1 Å². The molecule has 0 aliphatic carbocycles. The molecule has 2 N–H and O–H groups in total. The first-order valence-electron chi connectivity index (χ1n) is 4.34. The Hall–Kier alpha value is -1.30. The van der Waals surface area contributed by atoms with Crippen molar-refractivity contribution >= 4 is 12.0 Å². The molecule has 1 aliphatic rings. The van der Waals surface area contributed by atoms with Crippen LogP contribution in [0.2, 0.25) is 0 Å². The molecule has 1 heterocycles. The number of hydrogen-bond donors (Lipinski definition) is 2. The van der Waals surface area contributed by atoms with E-state index in [9.17, 15) is 14.7 Å². The number of methoxy groups -OCH3 is 1. The summed E-state index contributed by atoms with van der Waals surface area (Å²) in [6.45, 7) is 0.166. The number of likely N-dealkylation sites (tertiary alicyclic amines) is 1. The van der Waals surface area contributed by atoms with Gasteiger partial charge >= 0.3 is 12.0 Å². The number of carbonyl (C=O) groups excluding carboxylic acids is 2. The van der Waals surface area contributed by atoms with E-state index < -0.39 is 18.1 Å². The molecule has 0 bridgehead atoms. The number of aliphatic hydroxyl groups is 1. The molecule has 0 aromatic heterocycles. The Morgan fingerprint density at radius 1 is 1.57 bits per heavy atom. The third-order valence-corrected chi connectivity index (χ3v) is 2.23. The van der Waals surface area contributed by atoms with E-state index in [2.05, 4.69) is 10.1 Å². The molecule has 0 spiro atoms. The maximum absolute atomic E-state index is 11.3. The van der Waals surface area contributed by atoms with Crippen LogP contribution in [-0.2, 0) is 9.53 Å². The van der Waals surface area contributed by atoms with Crippen LogP contribution in [0.3, 0.4) is 0 Å². The maximum Gasteiger partial charge on any atom is 0.328 e. The number of amides is 2. The van der Waals surface area contributed by atoms with Crippen molar-refractivity contribution in [2.45, 2.75) is 18.6 Å². The van der Waals surface area contributed by atoms with Gasteiger partial charge in [0.15, 0.2) is 0 Å². The molecule has 1 aliphatic heterocycles. The average Bonchev–Trinajstić information content (AvgIpc) is 2.58. The molecule has 6 nitrogen and oxygen atoms in total. The number of β-amino-alcohol motifs (C(OH)–C–C–N with tert-alkyl or cyclic N) is 1. The van der Waals surface area contributed by atoms with Crippen molar-refractivity contribution in [3.8, 4) is 0 Å². The van der Waals surface area contributed by atoms with E-state index in [-0.39, 0.29) is 19.0 Å². The van der Waals surface area contributed by atoms with E-state index in [0.29, 0.717) is 0 Å². The van der Waals surface area contributed by atoms with Crippen molar-refractivity contribution in [1.82, 2.24) is 10.2 Å². The molecular formula is C8H14N2O4. The fourth-order valence-corrected chi connectivity index (χ4v) is 1.54. The Bertz CT molecular complexity index is 219. The van der Waals surface area contributed by atoms with Gasteiger partial charge < -0.3 is 20.1 Å². The molecule has 0 aromatic rings. The summed E-state index contributed by atoms with van der Waals surface area (Å²) < 4.78 is 4.54. The van der Waals surface area contributed by atoms with Crippen molar-refractivity contribution in [1.29, 1.82) is 0 Å². The first kappa shape index (κ1) is 10.8. The number of hydrogen-bond acceptors (Lipinski definition) is 4. The van der Waals surface area contributed by atoms with E-state index in [1.807, 2.05) is 0 Å². The van der Waals surface area contributed by atoms with E-state index in [4.69, 9.17) is 0 Å². The van der Waals surface area contributed by atoms with Crippen LogP contribution >= 0.6 is 0 Å². The van der Waals surface area contributed by atoms with Gasteiger partial charge in [0.1, 0.15) is 6.04 Å². The van der Waals surface area contributed by atoms with Crippen LogP contribution in [0.1, 0.15) is 6.42 Å². The van der Waals surface area contributed by atoms with Crippen LogP contribution in [0.4, 0.5) is 4.79 Å². The van der Waals surface area contributed by atoms with Gasteiger partial charge in [-0.25, -0.2) is 9.59 Å². The quantitative estimate of drug-likeness (QED) is 0.531. The van der Waals surface area contributed by atoms with Crippen molar-refractivity contribution < 1.29 is 19.4 Å². The second-order valence-electron chi connectivity index (χ2n) is 3.14. The Morgan fingerprint density at radius 3 is 2.71 bits per heavy atom. The van der Waals surface area contributed by atoms with Crippen molar-refractivity contribution in [2.24, 2.45) is 0 Å². The zero-order valence-electron chi connectivity index (χ0n) is 8.19. The summed E-state index contributed by atoms with van der Waals surface area (Å²) in [5.41, 5.74) is 0. The van der Waals surface area contributed by atoms with Gasteiger partial charge in [0, 0.05) is 20.0 Å². The first-order valence-corrected chi connectivity index (χ1v) is 4.34. The van der Waals surface area contributed by atoms with Crippen molar-refractivity contribution in [2.75, 3.05) is 20.7 Å². The molecule has 2 amide bonds. The summed E-state index contributed by atoms with van der Waals surface area (Å²) in [7, 11) is 2.73. The summed E-state index contributed by atoms with van der Waals surface area (Å²) in [6.07, 6.45) is -0.420. The van der Waals surface area contributed by atoms with Crippen LogP contribution in [0.25, 0.3) is 0 Å². The molecule has 2 atom stereocenters. The van der Waals surface area contributed by atoms with E-state index >= 15 is 0 Å². The monoisotopic (exact) mass is 202 g/mol. The van der Waals surface area contributed by atoms with Gasteiger partial charge in [-0.05, 0) is 0 Å². The van der Waals surface area contributed by atoms with Crippen LogP contribution in [0.5, 0.6) is 0 Å². The summed E-state index contributed by atoms with van der Waals surface area (Å²) >= 11 is 0. The molecule has 1 fully saturated rings. The Balaban J connectivity index is 2.72. The summed E-state index contributed by atoms with van der Waals surface area (Å²) in [5, 5.41) is 11.7. The number of nitrogens with one attached hydrogen (secondary N) is 1. The van der Waals surface area contributed by atoms with Gasteiger partial charge in [-0.3, -0.25) is 0 Å². The van der Waals surface area contributed by atoms with Crippen LogP contribution in [0, 0.1) is 0 Å². The van der Waals surface area contributed by atoms with Crippen molar-refractivity contribution in [3.63, 3.8) is 0 Å². The predicted octanol–water partition coefficient (Wildman–Crippen LogP) is -1.07. The molecule has 0 radical (unpaired) electrons. The SMILES string of the molecule is CNC(=O)N1CC(O)CC1C(=O)OC. The lowest BCUT2D eigenvalue weighted by Crippen LogP contribution is -2.45. The topological polar surface area (TPSA) is 78.9 Å². The fourth-order valence-electron chi connectivity index (χ4n) is 1.54. The van der Waals surface area contributed by atoms with Crippen molar-refractivity contribution in [3.05, 3.63) is 0 Å². The normalized spacial score (nSPS) is 26.1. The number of carbonyl (C=O) groups is 2. The molecule has 2 unspecified atom stereocenters. The minimum Gasteiger partial charge on any atom is -0.467 e. The van der Waals surface area contributed by atoms with Gasteiger partial charge in [-0.1, -0.05) is 0 Å². The standard InChI is InChI=1S/C8H14N2O4/c1-9-8(13)10-4-5(11)3-6(10)7(12)14-2/h5-6,11H,3-4H2,1-2H3,(H,9,13). The van der Waals surface area contributed by atoms with Gasteiger partial charge in [0.2, 0.25) is 0 Å². The number of ether oxygens (including phenoxy) is 1. The number of aliphatic hydroxyl groups excluding tert-OH is 1. The van der Waals surface area contributed by atoms with Gasteiger partial charge in [-0.2, -0.15) is 0 Å². The fraction of sp³-hybridized carbons (Fsp3) is 0.750. The zero-order valence-corrected chi connectivity index (χ0v) is 8.19. The molecule has 0 saturated carbocycles. The van der Waals surface area contributed by atoms with Gasteiger partial charge in [0.25, 0.3) is 0 Å². The van der Waals surface area contributed by atoms with Crippen LogP contribution < -0.4 is 5.32 Å². The van der Waals surface area contributed by atoms with E-state index in [1.54, 1.807) is 0 Å². The number of esters is 1. The summed E-state index contributed by atoms with van der Waals surface area (Å²) in [4.78, 5) is 23.8. The van der Waals surface area contributed by atoms with Crippen LogP contribution in [-0.4, -0.2) is 54.9 Å². The lowest BCUT2D eigenvalue weighted by molar-refractivity contribution is -0.145. The molecule has 1 rings (SSSR count). The number of nitrogens with zero attached hydrogens (tertiary/aromatic N) is 1.